The molecule has 0 radical (unpaired) electrons. The Balaban J connectivity index is 2.17. The Bertz CT molecular complexity index is 778. The number of aromatic nitrogens is 2. The number of aliphatic hydroxyl groups is 2. The van der Waals surface area contributed by atoms with Crippen molar-refractivity contribution >= 4 is 8.03 Å². The van der Waals surface area contributed by atoms with Gasteiger partial charge in [0.2, 0.25) is 0 Å². The first kappa shape index (κ1) is 22.1. The Morgan fingerprint density at radius 1 is 1.37 bits per heavy atom. The maximum absolute atomic E-state index is 12.4. The van der Waals surface area contributed by atoms with Crippen LogP contribution in [0.15, 0.2) is 21.9 Å². The second-order valence-electron chi connectivity index (χ2n) is 7.80. The number of rotatable bonds is 8. The molecule has 154 valence electrons. The summed E-state index contributed by atoms with van der Waals surface area (Å²) in [6.45, 7) is 7.66. The van der Waals surface area contributed by atoms with Crippen molar-refractivity contribution in [2.24, 2.45) is 5.92 Å². The molecule has 1 heterocycles. The first-order valence-corrected chi connectivity index (χ1v) is 10.9. The highest BCUT2D eigenvalue weighted by atomic mass is 31.1. The minimum absolute atomic E-state index is 0.0209. The number of aromatic amines is 1. The number of H-pyrrole nitrogens is 1. The van der Waals surface area contributed by atoms with E-state index in [0.717, 1.165) is 6.42 Å². The monoisotopic (exact) mass is 402 g/mol. The molecule has 1 saturated carbocycles. The second-order valence-corrected chi connectivity index (χ2v) is 9.63. The summed E-state index contributed by atoms with van der Waals surface area (Å²) in [4.78, 5) is 25.5. The predicted octanol–water partition coefficient (Wildman–Crippen LogP) is 1.67. The molecule has 8 nitrogen and oxygen atoms in total. The summed E-state index contributed by atoms with van der Waals surface area (Å²) in [5, 5.41) is 21.0. The van der Waals surface area contributed by atoms with E-state index in [1.165, 1.54) is 16.8 Å². The van der Waals surface area contributed by atoms with Gasteiger partial charge in [0.1, 0.15) is 6.10 Å². The van der Waals surface area contributed by atoms with Gasteiger partial charge in [-0.2, -0.15) is 0 Å². The zero-order chi connectivity index (χ0) is 20.4. The van der Waals surface area contributed by atoms with Crippen molar-refractivity contribution < 1.29 is 19.3 Å². The van der Waals surface area contributed by atoms with Crippen LogP contribution in [0.1, 0.15) is 59.4 Å². The van der Waals surface area contributed by atoms with Crippen LogP contribution >= 0.6 is 8.03 Å². The zero-order valence-corrected chi connectivity index (χ0v) is 17.3. The van der Waals surface area contributed by atoms with Crippen LogP contribution in [0.2, 0.25) is 0 Å². The summed E-state index contributed by atoms with van der Waals surface area (Å²) in [6.07, 6.45) is 1.32. The van der Waals surface area contributed by atoms with Crippen molar-refractivity contribution in [2.45, 2.75) is 82.9 Å². The fourth-order valence-corrected chi connectivity index (χ4v) is 4.84. The van der Waals surface area contributed by atoms with Gasteiger partial charge in [0.15, 0.2) is 8.03 Å². The summed E-state index contributed by atoms with van der Waals surface area (Å²) in [6, 6.07) is 0.577. The highest BCUT2D eigenvalue weighted by Gasteiger charge is 2.45. The molecule has 1 aromatic heterocycles. The molecule has 2 rings (SSSR count). The molecule has 1 unspecified atom stereocenters. The first-order valence-electron chi connectivity index (χ1n) is 9.52. The molecule has 1 aliphatic rings. The lowest BCUT2D eigenvalue weighted by molar-refractivity contribution is -0.0156. The minimum atomic E-state index is -2.22. The van der Waals surface area contributed by atoms with Crippen LogP contribution in [0.5, 0.6) is 0 Å². The highest BCUT2D eigenvalue weighted by molar-refractivity contribution is 7.40. The van der Waals surface area contributed by atoms with Crippen molar-refractivity contribution in [3.63, 3.8) is 0 Å². The number of nitrogens with zero attached hydrogens (tertiary/aromatic N) is 1. The molecule has 0 spiro atoms. The van der Waals surface area contributed by atoms with Gasteiger partial charge in [0, 0.05) is 17.9 Å². The largest absolute Gasteiger partial charge is 0.390 e. The lowest BCUT2D eigenvalue weighted by atomic mass is 9.87. The van der Waals surface area contributed by atoms with Gasteiger partial charge in [0.25, 0.3) is 5.56 Å². The molecule has 0 aliphatic heterocycles. The third kappa shape index (κ3) is 4.99. The third-order valence-corrected chi connectivity index (χ3v) is 7.69. The van der Waals surface area contributed by atoms with Crippen LogP contribution in [0.25, 0.3) is 0 Å². The van der Waals surface area contributed by atoms with E-state index in [1.807, 2.05) is 27.7 Å². The number of hydrogen-bond donors (Lipinski definition) is 3. The van der Waals surface area contributed by atoms with E-state index in [4.69, 9.17) is 4.52 Å². The second kappa shape index (κ2) is 8.86. The quantitative estimate of drug-likeness (QED) is 0.569. The maximum atomic E-state index is 12.4. The van der Waals surface area contributed by atoms with Crippen LogP contribution in [0.3, 0.4) is 0 Å². The van der Waals surface area contributed by atoms with Gasteiger partial charge in [-0.05, 0) is 38.5 Å². The topological polar surface area (TPSA) is 122 Å². The standard InChI is InChI=1S/C18H31N2O6P/c1-5-11(3)27(25)26-18(4,6-2)10-12-9-13(16(23)15(12)22)20-8-7-14(21)19-17(20)24/h7-8,11-13,15-16,22-23,27H,5-6,9-10H2,1-4H3,(H,19,21,24)/t11-,12-,13+,15-,16+,18+/m1/s1. The average Bonchev–Trinajstić information content (AvgIpc) is 2.89. The van der Waals surface area contributed by atoms with Gasteiger partial charge < -0.3 is 14.7 Å². The molecule has 1 aliphatic carbocycles. The molecule has 0 amide bonds. The van der Waals surface area contributed by atoms with Crippen molar-refractivity contribution in [3.05, 3.63) is 33.1 Å². The first-order chi connectivity index (χ1) is 12.6. The van der Waals surface area contributed by atoms with E-state index in [2.05, 4.69) is 4.98 Å². The van der Waals surface area contributed by atoms with E-state index < -0.39 is 43.1 Å². The van der Waals surface area contributed by atoms with E-state index >= 15 is 0 Å². The van der Waals surface area contributed by atoms with Gasteiger partial charge in [-0.3, -0.25) is 18.9 Å². The van der Waals surface area contributed by atoms with Crippen LogP contribution in [0.4, 0.5) is 0 Å². The molecular weight excluding hydrogens is 371 g/mol. The van der Waals surface area contributed by atoms with Crippen molar-refractivity contribution in [1.82, 2.24) is 9.55 Å². The molecule has 0 bridgehead atoms. The SMILES string of the molecule is CC[C@@H](C)[PH](=O)O[C@@](C)(CC)C[C@H]1C[C@H](n2ccc(=O)[nH]c2=O)[C@H](O)[C@@H]1O. The molecule has 1 fully saturated rings. The van der Waals surface area contributed by atoms with Gasteiger partial charge in [-0.25, -0.2) is 4.79 Å². The Morgan fingerprint density at radius 2 is 2.04 bits per heavy atom. The van der Waals surface area contributed by atoms with E-state index in [0.29, 0.717) is 19.3 Å². The van der Waals surface area contributed by atoms with Crippen molar-refractivity contribution in [3.8, 4) is 0 Å². The normalized spacial score (nSPS) is 30.0. The summed E-state index contributed by atoms with van der Waals surface area (Å²) in [5.41, 5.74) is -1.83. The molecule has 27 heavy (non-hydrogen) atoms. The molecule has 7 atom stereocenters. The van der Waals surface area contributed by atoms with Gasteiger partial charge in [0.05, 0.1) is 17.7 Å². The smallest absolute Gasteiger partial charge is 0.328 e. The molecule has 0 saturated heterocycles. The minimum Gasteiger partial charge on any atom is -0.390 e. The fraction of sp³-hybridized carbons (Fsp3) is 0.778. The molecule has 3 N–H and O–H groups in total. The average molecular weight is 402 g/mol. The van der Waals surface area contributed by atoms with E-state index in [9.17, 15) is 24.4 Å². The lowest BCUT2D eigenvalue weighted by Gasteiger charge is -2.33. The van der Waals surface area contributed by atoms with Crippen LogP contribution < -0.4 is 11.2 Å². The van der Waals surface area contributed by atoms with Crippen LogP contribution in [-0.2, 0) is 9.09 Å². The van der Waals surface area contributed by atoms with E-state index in [1.54, 1.807) is 0 Å². The number of nitrogens with one attached hydrogen (secondary N) is 1. The predicted molar refractivity (Wildman–Crippen MR) is 104 cm³/mol. The van der Waals surface area contributed by atoms with Crippen LogP contribution in [0, 0.1) is 5.92 Å². The zero-order valence-electron chi connectivity index (χ0n) is 16.3. The summed E-state index contributed by atoms with van der Waals surface area (Å²) < 4.78 is 19.6. The molecule has 9 heteroatoms. The van der Waals surface area contributed by atoms with Gasteiger partial charge in [-0.1, -0.05) is 20.8 Å². The molecule has 0 aromatic carbocycles. The summed E-state index contributed by atoms with van der Waals surface area (Å²) >= 11 is 0. The Hall–Kier alpha value is -1.21. The number of aliphatic hydroxyl groups excluding tert-OH is 2. The van der Waals surface area contributed by atoms with Gasteiger partial charge in [-0.15, -0.1) is 0 Å². The van der Waals surface area contributed by atoms with E-state index in [-0.39, 0.29) is 11.6 Å². The summed E-state index contributed by atoms with van der Waals surface area (Å²) in [5.74, 6) is -0.319. The van der Waals surface area contributed by atoms with Crippen LogP contribution in [-0.4, -0.2) is 43.2 Å². The number of hydrogen-bond acceptors (Lipinski definition) is 6. The van der Waals surface area contributed by atoms with Crippen molar-refractivity contribution in [1.29, 1.82) is 0 Å². The fourth-order valence-electron chi connectivity index (χ4n) is 3.59. The third-order valence-electron chi connectivity index (χ3n) is 5.78. The Kier molecular flexibility index (Phi) is 7.25. The Morgan fingerprint density at radius 3 is 2.59 bits per heavy atom. The maximum Gasteiger partial charge on any atom is 0.328 e. The Labute approximate surface area is 159 Å². The highest BCUT2D eigenvalue weighted by Crippen LogP contribution is 2.45. The summed E-state index contributed by atoms with van der Waals surface area (Å²) in [7, 11) is -2.22. The lowest BCUT2D eigenvalue weighted by Crippen LogP contribution is -2.37. The van der Waals surface area contributed by atoms with Gasteiger partial charge >= 0.3 is 5.69 Å². The molecule has 1 aromatic rings. The molecular formula is C18H31N2O6P. The van der Waals surface area contributed by atoms with Crippen molar-refractivity contribution in [2.75, 3.05) is 0 Å².